The molecule has 3 aromatic rings. The molecule has 0 saturated carbocycles. The third-order valence-electron chi connectivity index (χ3n) is 5.13. The second-order valence-corrected chi connectivity index (χ2v) is 7.86. The van der Waals surface area contributed by atoms with Crippen molar-refractivity contribution < 1.29 is 35.1 Å². The number of alkyl halides is 7. The molecule has 32 heavy (non-hydrogen) atoms. The summed E-state index contributed by atoms with van der Waals surface area (Å²) in [4.78, 5) is 17.5. The Morgan fingerprint density at radius 3 is 2.12 bits per heavy atom. The predicted molar refractivity (Wildman–Crippen MR) is 97.9 cm³/mol. The summed E-state index contributed by atoms with van der Waals surface area (Å²) in [6, 6.07) is 0.570. The highest BCUT2D eigenvalue weighted by molar-refractivity contribution is 6.36. The van der Waals surface area contributed by atoms with Crippen molar-refractivity contribution >= 4 is 34.2 Å². The molecule has 174 valence electrons. The van der Waals surface area contributed by atoms with Gasteiger partial charge in [0.1, 0.15) is 16.5 Å². The molecule has 15 heteroatoms. The maximum atomic E-state index is 14.9. The molecule has 0 atom stereocenters. The van der Waals surface area contributed by atoms with Crippen molar-refractivity contribution in [1.82, 2.24) is 19.3 Å². The molecule has 1 aliphatic heterocycles. The summed E-state index contributed by atoms with van der Waals surface area (Å²) in [6.45, 7) is 0.511. The molecule has 0 bridgehead atoms. The highest BCUT2D eigenvalue weighted by Crippen LogP contribution is 2.51. The van der Waals surface area contributed by atoms with Gasteiger partial charge in [-0.15, -0.1) is 0 Å². The minimum absolute atomic E-state index is 0.223. The molecule has 2 aromatic heterocycles. The van der Waals surface area contributed by atoms with E-state index in [1.807, 2.05) is 0 Å². The predicted octanol–water partition coefficient (Wildman–Crippen LogP) is 5.72. The normalized spacial score (nSPS) is 15.4. The Labute approximate surface area is 182 Å². The van der Waals surface area contributed by atoms with Crippen LogP contribution in [0, 0.1) is 5.82 Å². The molecule has 1 aliphatic rings. The van der Waals surface area contributed by atoms with Crippen LogP contribution in [0.5, 0.6) is 0 Å². The number of fused-ring (bicyclic) bond motifs is 2. The van der Waals surface area contributed by atoms with E-state index in [1.165, 1.54) is 9.36 Å². The van der Waals surface area contributed by atoms with Gasteiger partial charge in [-0.3, -0.25) is 9.48 Å². The molecular formula is C17H10Cl2F8N4O. The van der Waals surface area contributed by atoms with Crippen LogP contribution < -0.4 is 5.56 Å². The lowest BCUT2D eigenvalue weighted by atomic mass is 10.1. The number of benzene rings is 1. The van der Waals surface area contributed by atoms with Gasteiger partial charge in [0, 0.05) is 13.1 Å². The molecule has 1 aromatic carbocycles. The van der Waals surface area contributed by atoms with Crippen molar-refractivity contribution in [3.63, 3.8) is 0 Å². The number of halogens is 10. The Morgan fingerprint density at radius 1 is 0.969 bits per heavy atom. The number of hydrogen-bond acceptors (Lipinski definition) is 2. The number of rotatable bonds is 3. The number of nitrogens with zero attached hydrogens (tertiary/aromatic N) is 3. The molecule has 0 fully saturated rings. The van der Waals surface area contributed by atoms with Gasteiger partial charge in [-0.2, -0.15) is 30.7 Å². The number of aromatic nitrogens is 4. The number of hydrogen-bond donors (Lipinski definition) is 1. The maximum Gasteiger partial charge on any atom is 0.460 e. The minimum atomic E-state index is -6.61. The summed E-state index contributed by atoms with van der Waals surface area (Å²) < 4.78 is 110. The van der Waals surface area contributed by atoms with Gasteiger partial charge < -0.3 is 4.98 Å². The molecule has 1 N–H and O–H groups in total. The first-order valence-electron chi connectivity index (χ1n) is 8.90. The third-order valence-corrected chi connectivity index (χ3v) is 5.80. The fraction of sp³-hybridized carbons (Fsp3) is 0.412. The second kappa shape index (κ2) is 7.11. The number of H-pyrrole nitrogens is 1. The van der Waals surface area contributed by atoms with E-state index in [9.17, 15) is 39.9 Å². The molecule has 0 radical (unpaired) electrons. The number of nitrogens with one attached hydrogen (secondary N) is 1. The Hall–Kier alpha value is -2.28. The fourth-order valence-corrected chi connectivity index (χ4v) is 4.14. The zero-order valence-electron chi connectivity index (χ0n) is 15.4. The van der Waals surface area contributed by atoms with E-state index in [4.69, 9.17) is 23.2 Å². The lowest BCUT2D eigenvalue weighted by molar-refractivity contribution is -0.361. The molecule has 0 amide bonds. The van der Waals surface area contributed by atoms with Gasteiger partial charge >= 0.3 is 18.0 Å². The zero-order valence-corrected chi connectivity index (χ0v) is 16.9. The molecule has 3 heterocycles. The van der Waals surface area contributed by atoms with Crippen LogP contribution in [0.4, 0.5) is 35.1 Å². The van der Waals surface area contributed by atoms with E-state index in [0.29, 0.717) is 18.9 Å². The van der Waals surface area contributed by atoms with E-state index >= 15 is 0 Å². The highest BCUT2D eigenvalue weighted by Gasteiger charge is 2.75. The van der Waals surface area contributed by atoms with Crippen molar-refractivity contribution in [2.75, 3.05) is 0 Å². The van der Waals surface area contributed by atoms with Crippen LogP contribution in [0.25, 0.3) is 22.2 Å². The Bertz CT molecular complexity index is 1290. The van der Waals surface area contributed by atoms with Crippen molar-refractivity contribution in [1.29, 1.82) is 0 Å². The van der Waals surface area contributed by atoms with Gasteiger partial charge in [0.25, 0.3) is 5.56 Å². The molecule has 0 aliphatic carbocycles. The lowest BCUT2D eigenvalue weighted by Crippen LogP contribution is -2.50. The Morgan fingerprint density at radius 2 is 1.56 bits per heavy atom. The van der Waals surface area contributed by atoms with E-state index in [0.717, 1.165) is 0 Å². The second-order valence-electron chi connectivity index (χ2n) is 7.10. The smallest absolute Gasteiger partial charge is 0.336 e. The Balaban J connectivity index is 2.02. The van der Waals surface area contributed by atoms with Crippen molar-refractivity contribution in [2.24, 2.45) is 0 Å². The standard InChI is InChI=1S/C17H10Cl2F8N4O/c18-6-5-7(20)8(9-12(19)30-3-1-2-4-31(30)13(9)32)11-10(6)28-14(29-11)15(21,22)16(23,24)17(25,26)27/h5H,1-4H2,(H,28,29). The number of imidazole rings is 1. The monoisotopic (exact) mass is 508 g/mol. The van der Waals surface area contributed by atoms with Crippen molar-refractivity contribution in [3.8, 4) is 11.1 Å². The summed E-state index contributed by atoms with van der Waals surface area (Å²) >= 11 is 12.0. The molecule has 0 unspecified atom stereocenters. The first-order valence-corrected chi connectivity index (χ1v) is 9.65. The average Bonchev–Trinajstić information content (AvgIpc) is 3.24. The fourth-order valence-electron chi connectivity index (χ4n) is 3.55. The highest BCUT2D eigenvalue weighted by atomic mass is 35.5. The lowest BCUT2D eigenvalue weighted by Gasteiger charge is -2.26. The molecule has 4 rings (SSSR count). The summed E-state index contributed by atoms with van der Waals surface area (Å²) in [5.41, 5.74) is -3.53. The molecular weight excluding hydrogens is 499 g/mol. The Kier molecular flexibility index (Phi) is 5.09. The number of aromatic amines is 1. The topological polar surface area (TPSA) is 55.6 Å². The van der Waals surface area contributed by atoms with E-state index in [2.05, 4.69) is 4.98 Å². The van der Waals surface area contributed by atoms with E-state index < -0.39 is 62.4 Å². The van der Waals surface area contributed by atoms with Crippen LogP contribution in [0.3, 0.4) is 0 Å². The van der Waals surface area contributed by atoms with Gasteiger partial charge in [-0.05, 0) is 18.9 Å². The van der Waals surface area contributed by atoms with Crippen molar-refractivity contribution in [3.05, 3.63) is 38.2 Å². The van der Waals surface area contributed by atoms with Gasteiger partial charge in [0.15, 0.2) is 5.82 Å². The quantitative estimate of drug-likeness (QED) is 0.460. The van der Waals surface area contributed by atoms with E-state index in [-0.39, 0.29) is 18.2 Å². The maximum absolute atomic E-state index is 14.9. The van der Waals surface area contributed by atoms with Crippen LogP contribution in [0.15, 0.2) is 10.9 Å². The molecule has 5 nitrogen and oxygen atoms in total. The van der Waals surface area contributed by atoms with E-state index in [1.54, 1.807) is 4.98 Å². The van der Waals surface area contributed by atoms with Crippen LogP contribution in [0.2, 0.25) is 10.2 Å². The van der Waals surface area contributed by atoms with Crippen LogP contribution in [-0.2, 0) is 19.0 Å². The van der Waals surface area contributed by atoms with Crippen LogP contribution >= 0.6 is 23.2 Å². The van der Waals surface area contributed by atoms with Crippen LogP contribution in [0.1, 0.15) is 18.7 Å². The first kappa shape index (κ1) is 22.9. The molecule has 0 spiro atoms. The van der Waals surface area contributed by atoms with Gasteiger partial charge in [0.05, 0.1) is 21.7 Å². The first-order chi connectivity index (χ1) is 14.7. The average molecular weight is 509 g/mol. The summed E-state index contributed by atoms with van der Waals surface area (Å²) in [7, 11) is 0. The van der Waals surface area contributed by atoms with Gasteiger partial charge in [-0.1, -0.05) is 23.2 Å². The summed E-state index contributed by atoms with van der Waals surface area (Å²) in [5.74, 6) is -15.7. The molecule has 0 saturated heterocycles. The largest absolute Gasteiger partial charge is 0.460 e. The zero-order chi connectivity index (χ0) is 23.8. The summed E-state index contributed by atoms with van der Waals surface area (Å²) in [6.07, 6.45) is -5.37. The third kappa shape index (κ3) is 3.04. The van der Waals surface area contributed by atoms with Crippen molar-refractivity contribution in [2.45, 2.75) is 44.0 Å². The minimum Gasteiger partial charge on any atom is -0.336 e. The van der Waals surface area contributed by atoms with Gasteiger partial charge in [0.2, 0.25) is 0 Å². The SMILES string of the molecule is O=c1c(-c2c(F)cc(Cl)c3nc(C(F)(F)C(F)(F)C(F)(F)F)[nH]c23)c(Cl)n2n1CCCC2. The van der Waals surface area contributed by atoms with Crippen LogP contribution in [-0.4, -0.2) is 31.4 Å². The van der Waals surface area contributed by atoms with Gasteiger partial charge in [-0.25, -0.2) is 14.1 Å². The summed E-state index contributed by atoms with van der Waals surface area (Å²) in [5, 5.41) is -0.921.